The summed E-state index contributed by atoms with van der Waals surface area (Å²) >= 11 is 12.6. The Bertz CT molecular complexity index is 1620. The number of piperidine rings is 1. The quantitative estimate of drug-likeness (QED) is 0.288. The number of aromatic nitrogens is 6. The zero-order valence-electron chi connectivity index (χ0n) is 22.6. The van der Waals surface area contributed by atoms with E-state index in [1.54, 1.807) is 18.2 Å². The highest BCUT2D eigenvalue weighted by Gasteiger charge is 2.29. The van der Waals surface area contributed by atoms with Crippen LogP contribution in [-0.4, -0.2) is 60.2 Å². The van der Waals surface area contributed by atoms with Crippen LogP contribution in [0.15, 0.2) is 72.8 Å². The van der Waals surface area contributed by atoms with Gasteiger partial charge in [0.05, 0.1) is 18.2 Å². The number of H-pyrrole nitrogens is 1. The lowest BCUT2D eigenvalue weighted by molar-refractivity contribution is -0.135. The number of rotatable bonds is 7. The first-order valence-electron chi connectivity index (χ1n) is 13.7. The molecule has 2 N–H and O–H groups in total. The highest BCUT2D eigenvalue weighted by molar-refractivity contribution is 6.35. The maximum Gasteiger partial charge on any atom is 0.270 e. The molecule has 1 aliphatic carbocycles. The fourth-order valence-corrected chi connectivity index (χ4v) is 5.97. The fraction of sp³-hybridized carbons (Fsp3) is 0.267. The molecule has 42 heavy (non-hydrogen) atoms. The molecule has 2 aromatic carbocycles. The van der Waals surface area contributed by atoms with Gasteiger partial charge >= 0.3 is 0 Å². The first-order chi connectivity index (χ1) is 20.4. The molecule has 2 amide bonds. The van der Waals surface area contributed by atoms with Gasteiger partial charge in [-0.2, -0.15) is 10.3 Å². The van der Waals surface area contributed by atoms with E-state index in [0.29, 0.717) is 35.2 Å². The molecular weight excluding hydrogens is 575 g/mol. The monoisotopic (exact) mass is 602 g/mol. The Hall–Kier alpha value is -4.28. The number of aromatic amines is 1. The molecule has 12 heteroatoms. The third-order valence-electron chi connectivity index (χ3n) is 7.61. The van der Waals surface area contributed by atoms with E-state index >= 15 is 0 Å². The number of tetrazole rings is 1. The minimum absolute atomic E-state index is 0.0754. The minimum Gasteiger partial charge on any atom is -0.342 e. The number of nitrogens with zero attached hydrogens (tertiary/aromatic N) is 6. The normalized spacial score (nSPS) is 17.0. The van der Waals surface area contributed by atoms with E-state index < -0.39 is 0 Å². The number of carbonyl (C=O) groups is 2. The topological polar surface area (TPSA) is 122 Å². The predicted octanol–water partition coefficient (Wildman–Crippen LogP) is 5.51. The van der Waals surface area contributed by atoms with Gasteiger partial charge < -0.3 is 4.90 Å². The van der Waals surface area contributed by atoms with E-state index in [9.17, 15) is 9.59 Å². The minimum atomic E-state index is -0.330. The van der Waals surface area contributed by atoms with Crippen molar-refractivity contribution in [1.82, 2.24) is 35.3 Å². The molecule has 6 rings (SSSR count). The van der Waals surface area contributed by atoms with Gasteiger partial charge in [-0.1, -0.05) is 64.7 Å². The van der Waals surface area contributed by atoms with Gasteiger partial charge in [-0.25, -0.2) is 0 Å². The van der Waals surface area contributed by atoms with Crippen LogP contribution in [0.1, 0.15) is 46.8 Å². The Morgan fingerprint density at radius 2 is 1.76 bits per heavy atom. The molecule has 1 unspecified atom stereocenters. The average molecular weight is 604 g/mol. The zero-order chi connectivity index (χ0) is 29.1. The van der Waals surface area contributed by atoms with Gasteiger partial charge in [-0.15, -0.1) is 5.10 Å². The van der Waals surface area contributed by atoms with Gasteiger partial charge in [0.15, 0.2) is 0 Å². The van der Waals surface area contributed by atoms with Crippen LogP contribution < -0.4 is 5.32 Å². The summed E-state index contributed by atoms with van der Waals surface area (Å²) in [6.45, 7) is 1.91. The van der Waals surface area contributed by atoms with Crippen molar-refractivity contribution >= 4 is 41.0 Å². The molecule has 0 spiro atoms. The first kappa shape index (κ1) is 27.9. The van der Waals surface area contributed by atoms with Crippen molar-refractivity contribution in [1.29, 1.82) is 0 Å². The molecule has 214 valence electrons. The Morgan fingerprint density at radius 1 is 1.00 bits per heavy atom. The average Bonchev–Trinajstić information content (AvgIpc) is 3.67. The van der Waals surface area contributed by atoms with Gasteiger partial charge in [0, 0.05) is 45.9 Å². The van der Waals surface area contributed by atoms with Gasteiger partial charge in [-0.05, 0) is 66.4 Å². The summed E-state index contributed by atoms with van der Waals surface area (Å²) in [7, 11) is 0. The molecule has 4 aromatic rings. The van der Waals surface area contributed by atoms with Gasteiger partial charge in [0.25, 0.3) is 11.9 Å². The number of anilines is 1. The molecule has 1 fully saturated rings. The van der Waals surface area contributed by atoms with Crippen LogP contribution in [0.25, 0.3) is 11.3 Å². The number of likely N-dealkylation sites (tertiary alicyclic amines) is 1. The molecule has 1 saturated heterocycles. The molecule has 1 aliphatic heterocycles. The van der Waals surface area contributed by atoms with Crippen molar-refractivity contribution in [2.75, 3.05) is 18.4 Å². The van der Waals surface area contributed by atoms with Crippen molar-refractivity contribution in [2.45, 2.75) is 31.7 Å². The summed E-state index contributed by atoms with van der Waals surface area (Å²) < 4.78 is 2.01. The molecule has 3 heterocycles. The second-order valence-electron chi connectivity index (χ2n) is 10.4. The molecule has 0 bridgehead atoms. The lowest BCUT2D eigenvalue weighted by atomic mass is 9.91. The number of halogens is 2. The molecule has 10 nitrogen and oxygen atoms in total. The Morgan fingerprint density at radius 3 is 2.43 bits per heavy atom. The third-order valence-corrected chi connectivity index (χ3v) is 8.05. The number of carbonyl (C=O) groups excluding carboxylic acids is 2. The van der Waals surface area contributed by atoms with E-state index in [2.05, 4.69) is 32.0 Å². The van der Waals surface area contributed by atoms with Crippen molar-refractivity contribution in [3.05, 3.63) is 99.7 Å². The predicted molar refractivity (Wildman–Crippen MR) is 160 cm³/mol. The number of hydrogen-bond acceptors (Lipinski definition) is 6. The SMILES string of the molecule is O=C(Nc1nn[nH]n1)c1ccc(Cn2nc(-c3cc(Cl)cc(Cl)c3)cc2C2CCN(C(=O)C3C=CC=CC3)CC2)cc1. The van der Waals surface area contributed by atoms with E-state index in [1.165, 1.54) is 0 Å². The molecule has 1 atom stereocenters. The van der Waals surface area contributed by atoms with Gasteiger partial charge in [0.2, 0.25) is 5.91 Å². The van der Waals surface area contributed by atoms with Gasteiger partial charge in [0.1, 0.15) is 0 Å². The Labute approximate surface area is 252 Å². The van der Waals surface area contributed by atoms with E-state index in [-0.39, 0.29) is 29.6 Å². The number of benzene rings is 2. The number of nitrogens with one attached hydrogen (secondary N) is 2. The van der Waals surface area contributed by atoms with Crippen molar-refractivity contribution in [3.8, 4) is 11.3 Å². The maximum absolute atomic E-state index is 13.1. The highest BCUT2D eigenvalue weighted by atomic mass is 35.5. The smallest absolute Gasteiger partial charge is 0.270 e. The van der Waals surface area contributed by atoms with E-state index in [4.69, 9.17) is 28.3 Å². The van der Waals surface area contributed by atoms with E-state index in [0.717, 1.165) is 41.8 Å². The largest absolute Gasteiger partial charge is 0.342 e. The summed E-state index contributed by atoms with van der Waals surface area (Å²) in [5.74, 6) is 0.128. The lowest BCUT2D eigenvalue weighted by Gasteiger charge is -2.34. The van der Waals surface area contributed by atoms with Crippen LogP contribution in [0.3, 0.4) is 0 Å². The van der Waals surface area contributed by atoms with Crippen molar-refractivity contribution in [3.63, 3.8) is 0 Å². The number of allylic oxidation sites excluding steroid dienone is 3. The molecule has 0 radical (unpaired) electrons. The molecule has 2 aromatic heterocycles. The van der Waals surface area contributed by atoms with Crippen molar-refractivity contribution < 1.29 is 9.59 Å². The van der Waals surface area contributed by atoms with Crippen LogP contribution >= 0.6 is 23.2 Å². The highest BCUT2D eigenvalue weighted by Crippen LogP contribution is 2.34. The summed E-state index contributed by atoms with van der Waals surface area (Å²) in [5, 5.41) is 21.9. The number of hydrogen-bond donors (Lipinski definition) is 2. The van der Waals surface area contributed by atoms with Crippen LogP contribution in [0, 0.1) is 5.92 Å². The summed E-state index contributed by atoms with van der Waals surface area (Å²) in [6.07, 6.45) is 10.4. The zero-order valence-corrected chi connectivity index (χ0v) is 24.1. The maximum atomic E-state index is 13.1. The van der Waals surface area contributed by atoms with Crippen LogP contribution in [0.2, 0.25) is 10.0 Å². The van der Waals surface area contributed by atoms with E-state index in [1.807, 2.05) is 58.2 Å². The Kier molecular flexibility index (Phi) is 8.16. The molecule has 2 aliphatic rings. The third kappa shape index (κ3) is 6.29. The molecule has 0 saturated carbocycles. The van der Waals surface area contributed by atoms with Gasteiger partial charge in [-0.3, -0.25) is 19.6 Å². The van der Waals surface area contributed by atoms with Crippen molar-refractivity contribution in [2.24, 2.45) is 5.92 Å². The summed E-state index contributed by atoms with van der Waals surface area (Å²) in [6, 6.07) is 14.8. The standard InChI is InChI=1S/C30H28Cl2N8O2/c31-24-14-23(15-25(32)16-24)26-17-27(20-10-12-39(13-11-20)29(42)22-4-2-1-3-5-22)40(36-26)18-19-6-8-21(9-7-19)28(41)33-30-34-37-38-35-30/h1-4,6-9,14-17,20,22H,5,10-13,18H2,(H2,33,34,35,37,38,41). The number of amides is 2. The molecular formula is C30H28Cl2N8O2. The lowest BCUT2D eigenvalue weighted by Crippen LogP contribution is -2.41. The van der Waals surface area contributed by atoms with Crippen LogP contribution in [0.5, 0.6) is 0 Å². The van der Waals surface area contributed by atoms with Crippen LogP contribution in [-0.2, 0) is 11.3 Å². The first-order valence-corrected chi connectivity index (χ1v) is 14.5. The second-order valence-corrected chi connectivity index (χ2v) is 11.3. The summed E-state index contributed by atoms with van der Waals surface area (Å²) in [4.78, 5) is 27.6. The van der Waals surface area contributed by atoms with Crippen LogP contribution in [0.4, 0.5) is 5.95 Å². The second kappa shape index (κ2) is 12.3. The Balaban J connectivity index is 1.22. The summed E-state index contributed by atoms with van der Waals surface area (Å²) in [5.41, 5.74) is 4.16. The fourth-order valence-electron chi connectivity index (χ4n) is 5.45.